The van der Waals surface area contributed by atoms with Gasteiger partial charge in [0.05, 0.1) is 0 Å². The van der Waals surface area contributed by atoms with E-state index in [1.165, 1.54) is 10.8 Å². The molecule has 0 spiro atoms. The number of hydrogen-bond donors (Lipinski definition) is 1. The highest BCUT2D eigenvalue weighted by atomic mass is 35.5. The van der Waals surface area contributed by atoms with Gasteiger partial charge in [0.2, 0.25) is 0 Å². The van der Waals surface area contributed by atoms with E-state index in [0.29, 0.717) is 10.8 Å². The maximum Gasteiger partial charge on any atom is 0.125 e. The lowest BCUT2D eigenvalue weighted by Gasteiger charge is -2.29. The molecule has 1 unspecified atom stereocenters. The summed E-state index contributed by atoms with van der Waals surface area (Å²) in [6.07, 6.45) is 3.43. The number of pyridine rings is 1. The molecule has 0 bridgehead atoms. The Morgan fingerprint density at radius 1 is 0.852 bits per heavy atom. The zero-order chi connectivity index (χ0) is 18.7. The summed E-state index contributed by atoms with van der Waals surface area (Å²) in [4.78, 5) is 5.31. The Kier molecular flexibility index (Phi) is 5.17. The van der Waals surface area contributed by atoms with Crippen molar-refractivity contribution in [2.45, 2.75) is 10.5 Å². The molecule has 0 aliphatic carbocycles. The molecule has 1 atom stereocenters. The van der Waals surface area contributed by atoms with Crippen molar-refractivity contribution in [3.63, 3.8) is 0 Å². The van der Waals surface area contributed by atoms with E-state index in [1.54, 1.807) is 36.3 Å². The number of aromatic nitrogens is 1. The van der Waals surface area contributed by atoms with Crippen LogP contribution in [-0.4, -0.2) is 15.8 Å². The number of halogens is 1. The Bertz CT molecular complexity index is 1050. The molecule has 27 heavy (non-hydrogen) atoms. The second-order valence-corrected chi connectivity index (χ2v) is 7.89. The number of thioether (sulfide) groups is 1. The van der Waals surface area contributed by atoms with Crippen molar-refractivity contribution in [1.82, 2.24) is 4.98 Å². The van der Waals surface area contributed by atoms with Gasteiger partial charge in [-0.05, 0) is 46.7 Å². The van der Waals surface area contributed by atoms with Crippen molar-refractivity contribution in [2.75, 3.05) is 5.75 Å². The van der Waals surface area contributed by atoms with Crippen molar-refractivity contribution >= 4 is 34.1 Å². The summed E-state index contributed by atoms with van der Waals surface area (Å²) in [5.41, 5.74) is 0.406. The predicted molar refractivity (Wildman–Crippen MR) is 113 cm³/mol. The SMILES string of the molecule is OC(CSc1ccc2ccccc2c1)(c1ccc(Cl)cc1)c1cccnc1. The van der Waals surface area contributed by atoms with E-state index in [9.17, 15) is 5.11 Å². The van der Waals surface area contributed by atoms with Crippen LogP contribution in [-0.2, 0) is 5.60 Å². The quantitative estimate of drug-likeness (QED) is 0.429. The number of hydrogen-bond acceptors (Lipinski definition) is 3. The molecule has 0 radical (unpaired) electrons. The highest BCUT2D eigenvalue weighted by molar-refractivity contribution is 7.99. The summed E-state index contributed by atoms with van der Waals surface area (Å²) in [5.74, 6) is 0.471. The van der Waals surface area contributed by atoms with Crippen molar-refractivity contribution < 1.29 is 5.11 Å². The van der Waals surface area contributed by atoms with Crippen molar-refractivity contribution in [3.8, 4) is 0 Å². The summed E-state index contributed by atoms with van der Waals surface area (Å²) in [7, 11) is 0. The maximum atomic E-state index is 11.6. The predicted octanol–water partition coefficient (Wildman–Crippen LogP) is 5.92. The topological polar surface area (TPSA) is 33.1 Å². The third-order valence-corrected chi connectivity index (χ3v) is 6.03. The van der Waals surface area contributed by atoms with Gasteiger partial charge in [-0.2, -0.15) is 0 Å². The van der Waals surface area contributed by atoms with Crippen LogP contribution in [0.15, 0.2) is 96.2 Å². The van der Waals surface area contributed by atoms with Gasteiger partial charge >= 0.3 is 0 Å². The molecule has 0 aliphatic rings. The van der Waals surface area contributed by atoms with Gasteiger partial charge < -0.3 is 5.11 Å². The standard InChI is InChI=1S/C23H18ClNOS/c24-21-10-8-19(9-11-21)23(26,20-6-3-13-25-15-20)16-27-22-12-7-17-4-1-2-5-18(17)14-22/h1-15,26H,16H2. The highest BCUT2D eigenvalue weighted by Gasteiger charge is 2.32. The van der Waals surface area contributed by atoms with E-state index < -0.39 is 5.60 Å². The fraction of sp³-hybridized carbons (Fsp3) is 0.0870. The molecule has 4 aromatic rings. The Balaban J connectivity index is 1.67. The fourth-order valence-electron chi connectivity index (χ4n) is 3.11. The molecular formula is C23H18ClNOS. The first kappa shape index (κ1) is 18.1. The Labute approximate surface area is 167 Å². The maximum absolute atomic E-state index is 11.6. The third kappa shape index (κ3) is 3.86. The highest BCUT2D eigenvalue weighted by Crippen LogP contribution is 2.36. The van der Waals surface area contributed by atoms with Crippen LogP contribution >= 0.6 is 23.4 Å². The molecule has 0 saturated carbocycles. The normalized spacial score (nSPS) is 13.4. The van der Waals surface area contributed by atoms with Crippen LogP contribution in [0.3, 0.4) is 0 Å². The second-order valence-electron chi connectivity index (χ2n) is 6.41. The van der Waals surface area contributed by atoms with Crippen molar-refractivity contribution in [2.24, 2.45) is 0 Å². The van der Waals surface area contributed by atoms with Crippen molar-refractivity contribution in [1.29, 1.82) is 0 Å². The van der Waals surface area contributed by atoms with Gasteiger partial charge in [-0.1, -0.05) is 60.1 Å². The molecule has 0 saturated heterocycles. The van der Waals surface area contributed by atoms with Gasteiger partial charge in [-0.25, -0.2) is 0 Å². The zero-order valence-electron chi connectivity index (χ0n) is 14.5. The summed E-state index contributed by atoms with van der Waals surface area (Å²) in [5, 5.41) is 14.7. The minimum absolute atomic E-state index is 0.471. The second kappa shape index (κ2) is 7.73. The molecule has 3 aromatic carbocycles. The van der Waals surface area contributed by atoms with Crippen LogP contribution in [0, 0.1) is 0 Å². The minimum Gasteiger partial charge on any atom is -0.379 e. The lowest BCUT2D eigenvalue weighted by Crippen LogP contribution is -2.30. The fourth-order valence-corrected chi connectivity index (χ4v) is 4.32. The molecule has 134 valence electrons. The lowest BCUT2D eigenvalue weighted by molar-refractivity contribution is 0.107. The van der Waals surface area contributed by atoms with Gasteiger partial charge in [0.1, 0.15) is 5.60 Å². The third-order valence-electron chi connectivity index (χ3n) is 4.63. The monoisotopic (exact) mass is 391 g/mol. The molecule has 0 amide bonds. The smallest absolute Gasteiger partial charge is 0.125 e. The molecule has 1 aromatic heterocycles. The zero-order valence-corrected chi connectivity index (χ0v) is 16.1. The van der Waals surface area contributed by atoms with Crippen LogP contribution in [0.2, 0.25) is 5.02 Å². The van der Waals surface area contributed by atoms with Crippen molar-refractivity contribution in [3.05, 3.63) is 107 Å². The summed E-state index contributed by atoms with van der Waals surface area (Å²) < 4.78 is 0. The Morgan fingerprint density at radius 3 is 2.37 bits per heavy atom. The molecule has 0 fully saturated rings. The van der Waals surface area contributed by atoms with Crippen LogP contribution in [0.4, 0.5) is 0 Å². The first-order valence-electron chi connectivity index (χ1n) is 8.66. The van der Waals surface area contributed by atoms with E-state index in [4.69, 9.17) is 11.6 Å². The van der Waals surface area contributed by atoms with Crippen LogP contribution in [0.25, 0.3) is 10.8 Å². The van der Waals surface area contributed by atoms with E-state index >= 15 is 0 Å². The Morgan fingerprint density at radius 2 is 1.63 bits per heavy atom. The molecule has 0 aliphatic heterocycles. The molecule has 4 rings (SSSR count). The first-order valence-corrected chi connectivity index (χ1v) is 10.0. The van der Waals surface area contributed by atoms with Gasteiger partial charge in [0.25, 0.3) is 0 Å². The van der Waals surface area contributed by atoms with Gasteiger partial charge in [0.15, 0.2) is 0 Å². The largest absolute Gasteiger partial charge is 0.379 e. The molecule has 1 N–H and O–H groups in total. The number of aliphatic hydroxyl groups is 1. The van der Waals surface area contributed by atoms with Gasteiger partial charge in [0, 0.05) is 33.6 Å². The molecular weight excluding hydrogens is 374 g/mol. The Hall–Kier alpha value is -2.33. The number of benzene rings is 3. The summed E-state index contributed by atoms with van der Waals surface area (Å²) >= 11 is 7.66. The van der Waals surface area contributed by atoms with E-state index in [0.717, 1.165) is 16.0 Å². The molecule has 4 heteroatoms. The molecule has 2 nitrogen and oxygen atoms in total. The summed E-state index contributed by atoms with van der Waals surface area (Å²) in [6, 6.07) is 25.7. The number of rotatable bonds is 5. The average Bonchev–Trinajstić information content (AvgIpc) is 2.73. The van der Waals surface area contributed by atoms with Gasteiger partial charge in [-0.15, -0.1) is 11.8 Å². The number of nitrogens with zero attached hydrogens (tertiary/aromatic N) is 1. The van der Waals surface area contributed by atoms with E-state index in [2.05, 4.69) is 35.3 Å². The van der Waals surface area contributed by atoms with Crippen LogP contribution in [0.5, 0.6) is 0 Å². The van der Waals surface area contributed by atoms with E-state index in [1.807, 2.05) is 36.4 Å². The van der Waals surface area contributed by atoms with Crippen LogP contribution < -0.4 is 0 Å². The minimum atomic E-state index is -1.16. The average molecular weight is 392 g/mol. The summed E-state index contributed by atoms with van der Waals surface area (Å²) in [6.45, 7) is 0. The van der Waals surface area contributed by atoms with E-state index in [-0.39, 0.29) is 0 Å². The van der Waals surface area contributed by atoms with Gasteiger partial charge in [-0.3, -0.25) is 4.98 Å². The number of fused-ring (bicyclic) bond motifs is 1. The molecule has 1 heterocycles. The lowest BCUT2D eigenvalue weighted by atomic mass is 9.89. The van der Waals surface area contributed by atoms with Crippen LogP contribution in [0.1, 0.15) is 11.1 Å². The first-order chi connectivity index (χ1) is 13.1.